The van der Waals surface area contributed by atoms with E-state index in [1.807, 2.05) is 0 Å². The predicted octanol–water partition coefficient (Wildman–Crippen LogP) is 1.75. The Labute approximate surface area is 113 Å². The molecule has 0 fully saturated rings. The first-order chi connectivity index (χ1) is 9.43. The van der Waals surface area contributed by atoms with E-state index in [1.54, 1.807) is 6.92 Å². The van der Waals surface area contributed by atoms with Gasteiger partial charge in [-0.15, -0.1) is 0 Å². The monoisotopic (exact) mass is 283 g/mol. The van der Waals surface area contributed by atoms with E-state index in [2.05, 4.69) is 20.4 Å². The highest BCUT2D eigenvalue weighted by atomic mass is 19.4. The van der Waals surface area contributed by atoms with E-state index in [0.29, 0.717) is 5.69 Å². The number of pyridine rings is 1. The molecular weight excluding hydrogens is 271 g/mol. The zero-order valence-electron chi connectivity index (χ0n) is 10.5. The zero-order chi connectivity index (χ0) is 14.8. The maximum absolute atomic E-state index is 13.0. The first-order valence-corrected chi connectivity index (χ1v) is 5.69. The summed E-state index contributed by atoms with van der Waals surface area (Å²) in [5.41, 5.74) is 2.37. The summed E-state index contributed by atoms with van der Waals surface area (Å²) in [6.45, 7) is 1.73. The van der Waals surface area contributed by atoms with E-state index < -0.39 is 17.8 Å². The third kappa shape index (κ3) is 2.91. The molecule has 20 heavy (non-hydrogen) atoms. The molecule has 0 saturated heterocycles. The van der Waals surface area contributed by atoms with Crippen molar-refractivity contribution in [1.29, 1.82) is 0 Å². The van der Waals surface area contributed by atoms with Gasteiger partial charge in [0, 0.05) is 24.2 Å². The van der Waals surface area contributed by atoms with Crippen LogP contribution in [0, 0.1) is 6.92 Å². The van der Waals surface area contributed by atoms with Gasteiger partial charge in [0.25, 0.3) is 0 Å². The summed E-state index contributed by atoms with van der Waals surface area (Å²) < 4.78 is 39.0. The number of halogens is 3. The van der Waals surface area contributed by atoms with Crippen molar-refractivity contribution in [3.05, 3.63) is 53.4 Å². The number of hydrazine groups is 1. The van der Waals surface area contributed by atoms with E-state index in [-0.39, 0.29) is 11.3 Å². The van der Waals surface area contributed by atoms with Crippen LogP contribution < -0.4 is 11.3 Å². The number of hydrogen-bond donors (Lipinski definition) is 2. The minimum atomic E-state index is -4.49. The first-order valence-electron chi connectivity index (χ1n) is 5.69. The Kier molecular flexibility index (Phi) is 3.96. The molecular formula is C12H12F3N5. The molecule has 0 amide bonds. The molecule has 8 heteroatoms. The molecule has 0 spiro atoms. The van der Waals surface area contributed by atoms with Gasteiger partial charge in [-0.3, -0.25) is 20.8 Å². The van der Waals surface area contributed by atoms with Crippen LogP contribution in [0.2, 0.25) is 0 Å². The average Bonchev–Trinajstić information content (AvgIpc) is 2.41. The molecule has 5 nitrogen and oxygen atoms in total. The summed E-state index contributed by atoms with van der Waals surface area (Å²) in [5, 5.41) is 0. The molecule has 0 bridgehead atoms. The third-order valence-electron chi connectivity index (χ3n) is 2.73. The van der Waals surface area contributed by atoms with Gasteiger partial charge in [0.2, 0.25) is 0 Å². The van der Waals surface area contributed by atoms with Gasteiger partial charge in [0.05, 0.1) is 29.2 Å². The van der Waals surface area contributed by atoms with Crippen LogP contribution in [0.3, 0.4) is 0 Å². The van der Waals surface area contributed by atoms with Crippen molar-refractivity contribution in [2.45, 2.75) is 19.1 Å². The Morgan fingerprint density at radius 3 is 2.50 bits per heavy atom. The second-order valence-electron chi connectivity index (χ2n) is 4.14. The number of rotatable bonds is 3. The second-order valence-corrected chi connectivity index (χ2v) is 4.14. The van der Waals surface area contributed by atoms with E-state index in [1.165, 1.54) is 12.4 Å². The summed E-state index contributed by atoms with van der Waals surface area (Å²) in [7, 11) is 0. The predicted molar refractivity (Wildman–Crippen MR) is 65.2 cm³/mol. The molecule has 0 radical (unpaired) electrons. The molecule has 2 aromatic heterocycles. The van der Waals surface area contributed by atoms with Crippen LogP contribution in [0.25, 0.3) is 0 Å². The third-order valence-corrected chi connectivity index (χ3v) is 2.73. The Balaban J connectivity index is 2.50. The molecule has 0 aliphatic carbocycles. The van der Waals surface area contributed by atoms with Crippen LogP contribution in [-0.4, -0.2) is 15.0 Å². The summed E-state index contributed by atoms with van der Waals surface area (Å²) in [6, 6.07) is -0.0326. The van der Waals surface area contributed by atoms with Crippen LogP contribution >= 0.6 is 0 Å². The molecule has 1 unspecified atom stereocenters. The maximum atomic E-state index is 13.0. The fraction of sp³-hybridized carbons (Fsp3) is 0.250. The standard InChI is InChI=1S/C12H12F3N5/c1-7-4-19-10(6-18-7)11(20-16)8-5-17-3-2-9(8)12(13,14)15/h2-6,11,20H,16H2,1H3. The lowest BCUT2D eigenvalue weighted by molar-refractivity contribution is -0.138. The number of alkyl halides is 3. The van der Waals surface area contributed by atoms with Gasteiger partial charge in [-0.1, -0.05) is 0 Å². The highest BCUT2D eigenvalue weighted by Gasteiger charge is 2.35. The summed E-state index contributed by atoms with van der Waals surface area (Å²) in [6.07, 6.45) is 0.553. The minimum Gasteiger partial charge on any atom is -0.271 e. The van der Waals surface area contributed by atoms with Gasteiger partial charge in [0.15, 0.2) is 0 Å². The molecule has 0 aliphatic rings. The van der Waals surface area contributed by atoms with Crippen molar-refractivity contribution < 1.29 is 13.2 Å². The van der Waals surface area contributed by atoms with Crippen molar-refractivity contribution in [1.82, 2.24) is 20.4 Å². The lowest BCUT2D eigenvalue weighted by Crippen LogP contribution is -2.31. The molecule has 0 aromatic carbocycles. The van der Waals surface area contributed by atoms with Gasteiger partial charge < -0.3 is 0 Å². The fourth-order valence-corrected chi connectivity index (χ4v) is 1.78. The molecule has 0 saturated carbocycles. The van der Waals surface area contributed by atoms with Crippen molar-refractivity contribution >= 4 is 0 Å². The fourth-order valence-electron chi connectivity index (χ4n) is 1.78. The number of hydrogen-bond acceptors (Lipinski definition) is 5. The Hall–Kier alpha value is -2.06. The molecule has 0 aliphatic heterocycles. The maximum Gasteiger partial charge on any atom is 0.416 e. The number of nitrogens with zero attached hydrogens (tertiary/aromatic N) is 3. The molecule has 2 aromatic rings. The van der Waals surface area contributed by atoms with Crippen LogP contribution in [0.5, 0.6) is 0 Å². The Morgan fingerprint density at radius 2 is 1.95 bits per heavy atom. The largest absolute Gasteiger partial charge is 0.416 e. The lowest BCUT2D eigenvalue weighted by atomic mass is 10.0. The van der Waals surface area contributed by atoms with Crippen molar-refractivity contribution in [3.8, 4) is 0 Å². The topological polar surface area (TPSA) is 76.7 Å². The molecule has 2 rings (SSSR count). The first kappa shape index (κ1) is 14.4. The summed E-state index contributed by atoms with van der Waals surface area (Å²) in [5.74, 6) is 5.37. The molecule has 1 atom stereocenters. The van der Waals surface area contributed by atoms with Gasteiger partial charge >= 0.3 is 6.18 Å². The quantitative estimate of drug-likeness (QED) is 0.663. The van der Waals surface area contributed by atoms with E-state index >= 15 is 0 Å². The smallest absolute Gasteiger partial charge is 0.271 e. The number of aromatic nitrogens is 3. The van der Waals surface area contributed by atoms with Crippen molar-refractivity contribution in [3.63, 3.8) is 0 Å². The molecule has 2 heterocycles. The van der Waals surface area contributed by atoms with E-state index in [0.717, 1.165) is 18.5 Å². The van der Waals surface area contributed by atoms with E-state index in [9.17, 15) is 13.2 Å². The second kappa shape index (κ2) is 5.51. The van der Waals surface area contributed by atoms with Gasteiger partial charge in [-0.2, -0.15) is 13.2 Å². The number of nitrogens with one attached hydrogen (secondary N) is 1. The summed E-state index contributed by atoms with van der Waals surface area (Å²) >= 11 is 0. The number of aryl methyl sites for hydroxylation is 1. The van der Waals surface area contributed by atoms with E-state index in [4.69, 9.17) is 5.84 Å². The van der Waals surface area contributed by atoms with Crippen molar-refractivity contribution in [2.75, 3.05) is 0 Å². The van der Waals surface area contributed by atoms with Gasteiger partial charge in [-0.05, 0) is 13.0 Å². The van der Waals surface area contributed by atoms with Crippen LogP contribution in [0.4, 0.5) is 13.2 Å². The minimum absolute atomic E-state index is 0.0966. The van der Waals surface area contributed by atoms with Crippen molar-refractivity contribution in [2.24, 2.45) is 5.84 Å². The van der Waals surface area contributed by atoms with Crippen LogP contribution in [0.1, 0.15) is 28.6 Å². The Bertz CT molecular complexity index is 582. The molecule has 106 valence electrons. The molecule has 3 N–H and O–H groups in total. The average molecular weight is 283 g/mol. The highest BCUT2D eigenvalue weighted by molar-refractivity contribution is 5.34. The normalized spacial score (nSPS) is 13.2. The highest BCUT2D eigenvalue weighted by Crippen LogP contribution is 2.35. The zero-order valence-corrected chi connectivity index (χ0v) is 10.5. The summed E-state index contributed by atoms with van der Waals surface area (Å²) in [4.78, 5) is 11.8. The van der Waals surface area contributed by atoms with Crippen LogP contribution in [0.15, 0.2) is 30.9 Å². The SMILES string of the molecule is Cc1cnc(C(NN)c2cnccc2C(F)(F)F)cn1. The lowest BCUT2D eigenvalue weighted by Gasteiger charge is -2.19. The van der Waals surface area contributed by atoms with Gasteiger partial charge in [-0.25, -0.2) is 5.43 Å². The number of nitrogens with two attached hydrogens (primary N) is 1. The Morgan fingerprint density at radius 1 is 1.20 bits per heavy atom. The van der Waals surface area contributed by atoms with Crippen LogP contribution in [-0.2, 0) is 6.18 Å². The van der Waals surface area contributed by atoms with Gasteiger partial charge in [0.1, 0.15) is 0 Å².